The Morgan fingerprint density at radius 3 is 2.59 bits per heavy atom. The zero-order valence-electron chi connectivity index (χ0n) is 17.7. The van der Waals surface area contributed by atoms with Gasteiger partial charge in [0, 0.05) is 25.8 Å². The smallest absolute Gasteiger partial charge is 0.271 e. The predicted octanol–water partition coefficient (Wildman–Crippen LogP) is 2.67. The topological polar surface area (TPSA) is 68.6 Å². The van der Waals surface area contributed by atoms with Crippen molar-refractivity contribution in [3.05, 3.63) is 47.8 Å². The van der Waals surface area contributed by atoms with Gasteiger partial charge in [0.05, 0.1) is 13.2 Å². The third-order valence-electron chi connectivity index (χ3n) is 5.00. The maximum absolute atomic E-state index is 12.3. The average Bonchev–Trinajstić information content (AvgIpc) is 3.19. The molecule has 2 aromatic rings. The first-order valence-electron chi connectivity index (χ1n) is 10.3. The lowest BCUT2D eigenvalue weighted by atomic mass is 9.87. The van der Waals surface area contributed by atoms with Crippen LogP contribution >= 0.6 is 0 Å². The molecular weight excluding hydrogens is 368 g/mol. The van der Waals surface area contributed by atoms with E-state index in [4.69, 9.17) is 9.47 Å². The van der Waals surface area contributed by atoms with Gasteiger partial charge in [-0.05, 0) is 42.1 Å². The van der Waals surface area contributed by atoms with Crippen molar-refractivity contribution in [1.82, 2.24) is 20.0 Å². The summed E-state index contributed by atoms with van der Waals surface area (Å²) < 4.78 is 12.7. The second kappa shape index (κ2) is 9.89. The number of amides is 1. The number of nitrogens with zero attached hydrogens (tertiary/aromatic N) is 3. The number of benzene rings is 1. The minimum Gasteiger partial charge on any atom is -0.471 e. The number of aromatic nitrogens is 2. The van der Waals surface area contributed by atoms with Crippen molar-refractivity contribution in [2.45, 2.75) is 39.3 Å². The van der Waals surface area contributed by atoms with E-state index < -0.39 is 0 Å². The number of carbonyl (C=O) groups excluding carboxylic acids is 1. The zero-order valence-corrected chi connectivity index (χ0v) is 17.7. The predicted molar refractivity (Wildman–Crippen MR) is 112 cm³/mol. The summed E-state index contributed by atoms with van der Waals surface area (Å²) in [7, 11) is 0. The van der Waals surface area contributed by atoms with E-state index in [1.54, 1.807) is 16.9 Å². The summed E-state index contributed by atoms with van der Waals surface area (Å²) in [6, 6.07) is 9.80. The molecule has 7 heteroatoms. The van der Waals surface area contributed by atoms with Gasteiger partial charge in [0.1, 0.15) is 11.4 Å². The highest BCUT2D eigenvalue weighted by Gasteiger charge is 2.14. The van der Waals surface area contributed by atoms with Crippen molar-refractivity contribution in [3.8, 4) is 5.75 Å². The van der Waals surface area contributed by atoms with Crippen LogP contribution in [0.2, 0.25) is 0 Å². The number of hydrogen-bond acceptors (Lipinski definition) is 5. The molecular formula is C22H32N4O3. The number of morpholine rings is 1. The highest BCUT2D eigenvalue weighted by Crippen LogP contribution is 2.24. The lowest BCUT2D eigenvalue weighted by Crippen LogP contribution is -2.38. The van der Waals surface area contributed by atoms with Crippen molar-refractivity contribution >= 4 is 5.91 Å². The van der Waals surface area contributed by atoms with Crippen LogP contribution < -0.4 is 10.1 Å². The maximum atomic E-state index is 12.3. The molecule has 1 aromatic heterocycles. The summed E-state index contributed by atoms with van der Waals surface area (Å²) in [6.07, 6.45) is 2.67. The van der Waals surface area contributed by atoms with E-state index in [2.05, 4.69) is 48.2 Å². The fraction of sp³-hybridized carbons (Fsp3) is 0.545. The number of hydrogen-bond donors (Lipinski definition) is 1. The van der Waals surface area contributed by atoms with Crippen LogP contribution in [-0.2, 0) is 16.9 Å². The van der Waals surface area contributed by atoms with E-state index in [1.807, 2.05) is 12.1 Å². The first-order valence-corrected chi connectivity index (χ1v) is 10.3. The molecule has 0 spiro atoms. The normalized spacial score (nSPS) is 15.3. The molecule has 7 nitrogen and oxygen atoms in total. The second-order valence-electron chi connectivity index (χ2n) is 8.35. The van der Waals surface area contributed by atoms with Crippen LogP contribution in [0.25, 0.3) is 0 Å². The van der Waals surface area contributed by atoms with Gasteiger partial charge in [-0.15, -0.1) is 0 Å². The molecule has 1 saturated heterocycles. The number of ether oxygens (including phenoxy) is 2. The van der Waals surface area contributed by atoms with Crippen LogP contribution in [0.5, 0.6) is 5.75 Å². The molecule has 0 bridgehead atoms. The van der Waals surface area contributed by atoms with E-state index >= 15 is 0 Å². The summed E-state index contributed by atoms with van der Waals surface area (Å²) in [4.78, 5) is 14.6. The van der Waals surface area contributed by atoms with Crippen LogP contribution in [0.15, 0.2) is 36.5 Å². The molecule has 1 aromatic carbocycles. The second-order valence-corrected chi connectivity index (χ2v) is 8.35. The largest absolute Gasteiger partial charge is 0.471 e. The van der Waals surface area contributed by atoms with Gasteiger partial charge in [-0.1, -0.05) is 32.9 Å². The molecule has 0 aliphatic carbocycles. The molecule has 1 N–H and O–H groups in total. The Bertz CT molecular complexity index is 774. The molecule has 2 heterocycles. The summed E-state index contributed by atoms with van der Waals surface area (Å²) in [5.41, 5.74) is 1.78. The molecule has 0 atom stereocenters. The van der Waals surface area contributed by atoms with Crippen molar-refractivity contribution < 1.29 is 14.3 Å². The lowest BCUT2D eigenvalue weighted by Gasteiger charge is -2.26. The van der Waals surface area contributed by atoms with Crippen LogP contribution in [-0.4, -0.2) is 60.0 Å². The molecule has 0 unspecified atom stereocenters. The van der Waals surface area contributed by atoms with Crippen molar-refractivity contribution in [2.24, 2.45) is 0 Å². The van der Waals surface area contributed by atoms with Crippen LogP contribution in [0, 0.1) is 0 Å². The van der Waals surface area contributed by atoms with Crippen LogP contribution in [0.1, 0.15) is 43.2 Å². The van der Waals surface area contributed by atoms with E-state index in [1.165, 1.54) is 5.56 Å². The Morgan fingerprint density at radius 2 is 1.90 bits per heavy atom. The maximum Gasteiger partial charge on any atom is 0.271 e. The molecule has 29 heavy (non-hydrogen) atoms. The molecule has 3 rings (SSSR count). The third-order valence-corrected chi connectivity index (χ3v) is 5.00. The Hall–Kier alpha value is -2.38. The van der Waals surface area contributed by atoms with Gasteiger partial charge in [-0.25, -0.2) is 4.68 Å². The summed E-state index contributed by atoms with van der Waals surface area (Å²) in [5, 5.41) is 7.24. The molecule has 0 saturated carbocycles. The SMILES string of the molecule is CC(C)(C)c1ccc(OCn2ccc(C(=O)NCCCN3CCOCC3)n2)cc1. The quantitative estimate of drug-likeness (QED) is 0.690. The van der Waals surface area contributed by atoms with E-state index in [0.717, 1.165) is 45.0 Å². The average molecular weight is 401 g/mol. The number of rotatable bonds is 8. The monoisotopic (exact) mass is 400 g/mol. The van der Waals surface area contributed by atoms with Gasteiger partial charge in [0.2, 0.25) is 0 Å². The van der Waals surface area contributed by atoms with E-state index in [-0.39, 0.29) is 18.1 Å². The summed E-state index contributed by atoms with van der Waals surface area (Å²) in [5.74, 6) is 0.628. The third kappa shape index (κ3) is 6.58. The summed E-state index contributed by atoms with van der Waals surface area (Å²) >= 11 is 0. The Labute approximate surface area is 173 Å². The Morgan fingerprint density at radius 1 is 1.17 bits per heavy atom. The van der Waals surface area contributed by atoms with Gasteiger partial charge in [0.25, 0.3) is 5.91 Å². The molecule has 1 aliphatic heterocycles. The van der Waals surface area contributed by atoms with Gasteiger partial charge >= 0.3 is 0 Å². The number of nitrogens with one attached hydrogen (secondary N) is 1. The molecule has 1 aliphatic rings. The van der Waals surface area contributed by atoms with Crippen molar-refractivity contribution in [2.75, 3.05) is 39.4 Å². The molecule has 158 valence electrons. The molecule has 1 fully saturated rings. The molecule has 0 radical (unpaired) electrons. The molecule has 1 amide bonds. The van der Waals surface area contributed by atoms with Crippen molar-refractivity contribution in [1.29, 1.82) is 0 Å². The fourth-order valence-corrected chi connectivity index (χ4v) is 3.17. The zero-order chi connectivity index (χ0) is 20.7. The van der Waals surface area contributed by atoms with Gasteiger partial charge in [-0.3, -0.25) is 9.69 Å². The van der Waals surface area contributed by atoms with Gasteiger partial charge < -0.3 is 14.8 Å². The first kappa shape index (κ1) is 21.3. The standard InChI is InChI=1S/C22H32N4O3/c1-22(2,3)18-5-7-19(8-6-18)29-17-26-12-9-20(24-26)21(27)23-10-4-11-25-13-15-28-16-14-25/h5-9,12H,4,10-11,13-17H2,1-3H3,(H,23,27). The van der Waals surface area contributed by atoms with E-state index in [0.29, 0.717) is 12.2 Å². The van der Waals surface area contributed by atoms with E-state index in [9.17, 15) is 4.79 Å². The highest BCUT2D eigenvalue weighted by atomic mass is 16.5. The van der Waals surface area contributed by atoms with Crippen LogP contribution in [0.3, 0.4) is 0 Å². The Balaban J connectivity index is 1.39. The highest BCUT2D eigenvalue weighted by molar-refractivity contribution is 5.92. The fourth-order valence-electron chi connectivity index (χ4n) is 3.17. The van der Waals surface area contributed by atoms with Gasteiger partial charge in [0.15, 0.2) is 6.73 Å². The Kier molecular flexibility index (Phi) is 7.28. The van der Waals surface area contributed by atoms with Crippen LogP contribution in [0.4, 0.5) is 0 Å². The summed E-state index contributed by atoms with van der Waals surface area (Å²) in [6.45, 7) is 12.0. The minimum absolute atomic E-state index is 0.116. The minimum atomic E-state index is -0.153. The van der Waals surface area contributed by atoms with Gasteiger partial charge in [-0.2, -0.15) is 5.10 Å². The van der Waals surface area contributed by atoms with Crippen molar-refractivity contribution in [3.63, 3.8) is 0 Å². The lowest BCUT2D eigenvalue weighted by molar-refractivity contribution is 0.0374. The first-order chi connectivity index (χ1) is 13.9. The number of carbonyl (C=O) groups is 1.